The molecule has 0 bridgehead atoms. The van der Waals surface area contributed by atoms with Crippen LogP contribution in [0.1, 0.15) is 32.6 Å². The fourth-order valence-corrected chi connectivity index (χ4v) is 1.97. The van der Waals surface area contributed by atoms with E-state index >= 15 is 0 Å². The summed E-state index contributed by atoms with van der Waals surface area (Å²) in [5.41, 5.74) is -0.907. The maximum Gasteiger partial charge on any atom is 0.329 e. The van der Waals surface area contributed by atoms with Crippen LogP contribution in [-0.4, -0.2) is 22.5 Å². The quantitative estimate of drug-likeness (QED) is 0.702. The van der Waals surface area contributed by atoms with Crippen LogP contribution in [0.5, 0.6) is 0 Å². The smallest absolute Gasteiger partial charge is 0.329 e. The lowest BCUT2D eigenvalue weighted by Crippen LogP contribution is -2.48. The normalized spacial score (nSPS) is 32.9. The van der Waals surface area contributed by atoms with Crippen LogP contribution in [0.3, 0.4) is 0 Å². The van der Waals surface area contributed by atoms with E-state index < -0.39 is 11.5 Å². The van der Waals surface area contributed by atoms with Crippen molar-refractivity contribution in [3.05, 3.63) is 0 Å². The fraction of sp³-hybridized carbons (Fsp3) is 0.800. The number of carboxylic acids is 1. The van der Waals surface area contributed by atoms with Gasteiger partial charge in [0.25, 0.3) is 0 Å². The minimum Gasteiger partial charge on any atom is -0.480 e. The number of nitrogens with one attached hydrogen (secondary N) is 1. The Labute approximate surface area is 82.7 Å². The van der Waals surface area contributed by atoms with Crippen LogP contribution < -0.4 is 5.32 Å². The molecule has 14 heavy (non-hydrogen) atoms. The molecule has 78 valence electrons. The third kappa shape index (κ3) is 1.49. The highest BCUT2D eigenvalue weighted by atomic mass is 16.4. The highest BCUT2D eigenvalue weighted by molar-refractivity contribution is 5.90. The van der Waals surface area contributed by atoms with Crippen LogP contribution in [-0.2, 0) is 9.59 Å². The average Bonchev–Trinajstić information content (AvgIpc) is 2.79. The number of carbonyl (C=O) groups is 2. The molecule has 2 aliphatic carbocycles. The van der Waals surface area contributed by atoms with E-state index in [0.29, 0.717) is 18.8 Å². The molecule has 0 aromatic rings. The topological polar surface area (TPSA) is 66.4 Å². The molecule has 2 rings (SSSR count). The molecule has 0 spiro atoms. The zero-order valence-corrected chi connectivity index (χ0v) is 8.25. The number of carboxylic acid groups (broad SMARTS) is 1. The van der Waals surface area contributed by atoms with Crippen molar-refractivity contribution in [2.45, 2.75) is 38.1 Å². The highest BCUT2D eigenvalue weighted by Crippen LogP contribution is 2.38. The lowest BCUT2D eigenvalue weighted by atomic mass is 9.75. The molecule has 2 fully saturated rings. The Morgan fingerprint density at radius 3 is 2.29 bits per heavy atom. The molecule has 2 N–H and O–H groups in total. The second-order valence-electron chi connectivity index (χ2n) is 4.65. The summed E-state index contributed by atoms with van der Waals surface area (Å²) < 4.78 is 0. The van der Waals surface area contributed by atoms with Gasteiger partial charge in [-0.2, -0.15) is 0 Å². The van der Waals surface area contributed by atoms with Gasteiger partial charge >= 0.3 is 5.97 Å². The number of hydrogen-bond acceptors (Lipinski definition) is 2. The van der Waals surface area contributed by atoms with Crippen LogP contribution in [0.15, 0.2) is 0 Å². The van der Waals surface area contributed by atoms with Gasteiger partial charge in [0.15, 0.2) is 0 Å². The van der Waals surface area contributed by atoms with E-state index in [2.05, 4.69) is 12.2 Å². The van der Waals surface area contributed by atoms with Crippen molar-refractivity contribution >= 4 is 11.9 Å². The summed E-state index contributed by atoms with van der Waals surface area (Å²) in [6.45, 7) is 2.11. The monoisotopic (exact) mass is 197 g/mol. The van der Waals surface area contributed by atoms with Crippen LogP contribution in [0.25, 0.3) is 0 Å². The third-order valence-electron chi connectivity index (χ3n) is 3.27. The Kier molecular flexibility index (Phi) is 2.01. The highest BCUT2D eigenvalue weighted by Gasteiger charge is 2.52. The van der Waals surface area contributed by atoms with Gasteiger partial charge < -0.3 is 10.4 Å². The Hall–Kier alpha value is -1.06. The van der Waals surface area contributed by atoms with Crippen LogP contribution in [0.2, 0.25) is 0 Å². The molecule has 0 atom stereocenters. The van der Waals surface area contributed by atoms with Crippen molar-refractivity contribution in [3.8, 4) is 0 Å². The molecule has 0 saturated heterocycles. The molecule has 2 aliphatic rings. The zero-order chi connectivity index (χ0) is 10.3. The number of aliphatic carboxylic acids is 1. The lowest BCUT2D eigenvalue weighted by molar-refractivity contribution is -0.144. The van der Waals surface area contributed by atoms with Gasteiger partial charge in [0.05, 0.1) is 0 Å². The molecule has 0 unspecified atom stereocenters. The van der Waals surface area contributed by atoms with E-state index in [1.54, 1.807) is 0 Å². The SMILES string of the molecule is CC1CC(C(=O)NC2(C(=O)O)CC2)C1. The number of amides is 1. The summed E-state index contributed by atoms with van der Waals surface area (Å²) in [5.74, 6) is -0.284. The summed E-state index contributed by atoms with van der Waals surface area (Å²) in [5, 5.41) is 11.5. The lowest BCUT2D eigenvalue weighted by Gasteiger charge is -2.32. The zero-order valence-electron chi connectivity index (χ0n) is 8.25. The van der Waals surface area contributed by atoms with Crippen molar-refractivity contribution in [2.24, 2.45) is 11.8 Å². The first kappa shape index (κ1) is 9.49. The molecular weight excluding hydrogens is 182 g/mol. The molecule has 0 heterocycles. The van der Waals surface area contributed by atoms with Crippen molar-refractivity contribution in [1.29, 1.82) is 0 Å². The Balaban J connectivity index is 1.86. The number of carbonyl (C=O) groups excluding carboxylic acids is 1. The summed E-state index contributed by atoms with van der Waals surface area (Å²) >= 11 is 0. The Morgan fingerprint density at radius 1 is 1.36 bits per heavy atom. The van der Waals surface area contributed by atoms with Gasteiger partial charge in [0.1, 0.15) is 5.54 Å². The molecule has 2 saturated carbocycles. The molecule has 0 aromatic carbocycles. The number of hydrogen-bond donors (Lipinski definition) is 2. The first-order valence-corrected chi connectivity index (χ1v) is 5.09. The van der Waals surface area contributed by atoms with Crippen LogP contribution in [0.4, 0.5) is 0 Å². The summed E-state index contributed by atoms with van der Waals surface area (Å²) in [4.78, 5) is 22.4. The van der Waals surface area contributed by atoms with E-state index in [1.807, 2.05) is 0 Å². The van der Waals surface area contributed by atoms with Gasteiger partial charge in [-0.1, -0.05) is 6.92 Å². The summed E-state index contributed by atoms with van der Waals surface area (Å²) in [6.07, 6.45) is 2.97. The van der Waals surface area contributed by atoms with E-state index in [4.69, 9.17) is 5.11 Å². The van der Waals surface area contributed by atoms with Gasteiger partial charge in [0, 0.05) is 5.92 Å². The molecule has 1 amide bonds. The predicted octanol–water partition coefficient (Wildman–Crippen LogP) is 0.766. The van der Waals surface area contributed by atoms with Gasteiger partial charge in [-0.3, -0.25) is 4.79 Å². The van der Waals surface area contributed by atoms with E-state index in [1.165, 1.54) is 0 Å². The predicted molar refractivity (Wildman–Crippen MR) is 49.6 cm³/mol. The Morgan fingerprint density at radius 2 is 1.93 bits per heavy atom. The number of rotatable bonds is 3. The molecule has 0 aliphatic heterocycles. The van der Waals surface area contributed by atoms with E-state index in [9.17, 15) is 9.59 Å². The van der Waals surface area contributed by atoms with Crippen molar-refractivity contribution in [1.82, 2.24) is 5.32 Å². The van der Waals surface area contributed by atoms with Crippen molar-refractivity contribution in [3.63, 3.8) is 0 Å². The van der Waals surface area contributed by atoms with Gasteiger partial charge in [-0.15, -0.1) is 0 Å². The second kappa shape index (κ2) is 2.97. The molecule has 0 aromatic heterocycles. The largest absolute Gasteiger partial charge is 0.480 e. The van der Waals surface area contributed by atoms with Gasteiger partial charge in [-0.05, 0) is 31.6 Å². The maximum absolute atomic E-state index is 11.6. The summed E-state index contributed by atoms with van der Waals surface area (Å²) in [6, 6.07) is 0. The average molecular weight is 197 g/mol. The van der Waals surface area contributed by atoms with Crippen LogP contribution in [0, 0.1) is 11.8 Å². The maximum atomic E-state index is 11.6. The fourth-order valence-electron chi connectivity index (χ4n) is 1.97. The van der Waals surface area contributed by atoms with E-state index in [0.717, 1.165) is 12.8 Å². The summed E-state index contributed by atoms with van der Waals surface area (Å²) in [7, 11) is 0. The van der Waals surface area contributed by atoms with Crippen LogP contribution >= 0.6 is 0 Å². The molecule has 0 radical (unpaired) electrons. The molecule has 4 nitrogen and oxygen atoms in total. The third-order valence-corrected chi connectivity index (χ3v) is 3.27. The van der Waals surface area contributed by atoms with Gasteiger partial charge in [-0.25, -0.2) is 4.79 Å². The molecular formula is C10H15NO3. The first-order chi connectivity index (χ1) is 6.53. The second-order valence-corrected chi connectivity index (χ2v) is 4.65. The molecule has 4 heteroatoms. The van der Waals surface area contributed by atoms with Crippen molar-refractivity contribution in [2.75, 3.05) is 0 Å². The minimum absolute atomic E-state index is 0.0572. The van der Waals surface area contributed by atoms with E-state index in [-0.39, 0.29) is 11.8 Å². The Bertz CT molecular complexity index is 277. The minimum atomic E-state index is -0.907. The van der Waals surface area contributed by atoms with Gasteiger partial charge in [0.2, 0.25) is 5.91 Å². The van der Waals surface area contributed by atoms with Crippen molar-refractivity contribution < 1.29 is 14.7 Å². The standard InChI is InChI=1S/C10H15NO3/c1-6-4-7(5-6)8(12)11-10(2-3-10)9(13)14/h6-7H,2-5H2,1H3,(H,11,12)(H,13,14). The first-order valence-electron chi connectivity index (χ1n) is 5.09.